The van der Waals surface area contributed by atoms with Crippen molar-refractivity contribution in [1.82, 2.24) is 0 Å². The van der Waals surface area contributed by atoms with E-state index in [1.807, 2.05) is 0 Å². The van der Waals surface area contributed by atoms with Crippen LogP contribution in [0, 0.1) is 0 Å². The topological polar surface area (TPSA) is 17.1 Å². The van der Waals surface area contributed by atoms with Crippen molar-refractivity contribution in [2.45, 2.75) is 26.2 Å². The number of rotatable bonds is 4. The van der Waals surface area contributed by atoms with E-state index >= 15 is 0 Å². The highest BCUT2D eigenvalue weighted by Crippen LogP contribution is 2.01. The van der Waals surface area contributed by atoms with Gasteiger partial charge in [-0.3, -0.25) is 0 Å². The second-order valence-electron chi connectivity index (χ2n) is 1.63. The largest absolute Gasteiger partial charge is 0.208 e. The lowest BCUT2D eigenvalue weighted by Gasteiger charge is -1.86. The van der Waals surface area contributed by atoms with E-state index in [-0.39, 0.29) is 0 Å². The summed E-state index contributed by atoms with van der Waals surface area (Å²) < 4.78 is 9.80. The fraction of sp³-hybridized carbons (Fsp3) is 1.00. The predicted molar refractivity (Wildman–Crippen MR) is 39.5 cm³/mol. The zero-order valence-electron chi connectivity index (χ0n) is 5.09. The minimum atomic E-state index is 0.674. The molecule has 0 N–H and O–H groups in total. The van der Waals surface area contributed by atoms with Gasteiger partial charge in [-0.1, -0.05) is 19.8 Å². The highest BCUT2D eigenvalue weighted by Gasteiger charge is 1.80. The molecule has 0 unspecified atom stereocenters. The lowest BCUT2D eigenvalue weighted by Crippen LogP contribution is -1.71. The predicted octanol–water partition coefficient (Wildman–Crippen LogP) is 2.25. The standard InChI is InChI=1S/C5H11OPS/c1-2-3-4-5-7-8-6/h2-5H2,1H3. The molecule has 1 nitrogen and oxygen atoms in total. The molecule has 0 radical (unpaired) electrons. The second-order valence-corrected chi connectivity index (χ2v) is 3.71. The average molecular weight is 150 g/mol. The lowest BCUT2D eigenvalue weighted by molar-refractivity contribution is 0.701. The highest BCUT2D eigenvalue weighted by atomic mass is 32.4. The highest BCUT2D eigenvalue weighted by molar-refractivity contribution is 8.00. The van der Waals surface area contributed by atoms with Gasteiger partial charge in [0, 0.05) is 13.5 Å². The Morgan fingerprint density at radius 1 is 1.50 bits per heavy atom. The van der Waals surface area contributed by atoms with E-state index in [1.165, 1.54) is 19.3 Å². The summed E-state index contributed by atoms with van der Waals surface area (Å²) in [5, 5.41) is 0. The molecule has 48 valence electrons. The van der Waals surface area contributed by atoms with E-state index < -0.39 is 0 Å². The third-order valence-electron chi connectivity index (χ3n) is 0.906. The van der Waals surface area contributed by atoms with Gasteiger partial charge in [-0.25, -0.2) is 4.21 Å². The summed E-state index contributed by atoms with van der Waals surface area (Å²) in [6, 6.07) is 0. The summed E-state index contributed by atoms with van der Waals surface area (Å²) in [6.07, 6.45) is 4.81. The van der Waals surface area contributed by atoms with Crippen LogP contribution < -0.4 is 0 Å². The average Bonchev–Trinajstić information content (AvgIpc) is 1.81. The molecule has 0 saturated carbocycles. The monoisotopic (exact) mass is 150 g/mol. The van der Waals surface area contributed by atoms with Crippen molar-refractivity contribution in [3.8, 4) is 0 Å². The maximum Gasteiger partial charge on any atom is 0.114 e. The Morgan fingerprint density at radius 3 is 2.75 bits per heavy atom. The molecule has 0 aromatic rings. The molecule has 0 spiro atoms. The molecule has 0 aromatic heterocycles. The van der Waals surface area contributed by atoms with Gasteiger partial charge in [0.05, 0.1) is 0 Å². The van der Waals surface area contributed by atoms with E-state index in [1.54, 1.807) is 0 Å². The normalized spacial score (nSPS) is 9.62. The smallest absolute Gasteiger partial charge is 0.114 e. The molecule has 0 aliphatic rings. The zero-order valence-corrected chi connectivity index (χ0v) is 6.80. The third kappa shape index (κ3) is 6.32. The molecule has 0 bridgehead atoms. The van der Waals surface area contributed by atoms with Crippen LogP contribution in [0.2, 0.25) is 0 Å². The molecule has 3 heteroatoms. The minimum absolute atomic E-state index is 0.674. The molecular weight excluding hydrogens is 139 g/mol. The second kappa shape index (κ2) is 7.32. The van der Waals surface area contributed by atoms with Crippen molar-refractivity contribution >= 4 is 18.2 Å². The van der Waals surface area contributed by atoms with Crippen LogP contribution in [-0.2, 0) is 10.8 Å². The molecule has 0 atom stereocenters. The van der Waals surface area contributed by atoms with Gasteiger partial charge < -0.3 is 0 Å². The fourth-order valence-corrected chi connectivity index (χ4v) is 1.50. The van der Waals surface area contributed by atoms with Crippen molar-refractivity contribution in [2.75, 3.05) is 6.16 Å². The summed E-state index contributed by atoms with van der Waals surface area (Å²) in [5.74, 6) is 0. The van der Waals surface area contributed by atoms with Crippen LogP contribution in [0.15, 0.2) is 0 Å². The van der Waals surface area contributed by atoms with Crippen LogP contribution >= 0.6 is 7.36 Å². The first-order chi connectivity index (χ1) is 3.91. The molecular formula is C5H11OPS. The lowest BCUT2D eigenvalue weighted by atomic mass is 10.3. The Balaban J connectivity index is 2.82. The molecule has 0 heterocycles. The summed E-state index contributed by atoms with van der Waals surface area (Å²) >= 11 is 0. The molecule has 0 rings (SSSR count). The molecule has 0 aliphatic heterocycles. The maximum atomic E-state index is 9.80. The Kier molecular flexibility index (Phi) is 7.61. The Bertz CT molecular complexity index is 88.4. The van der Waals surface area contributed by atoms with E-state index in [0.717, 1.165) is 13.5 Å². The van der Waals surface area contributed by atoms with E-state index in [4.69, 9.17) is 0 Å². The zero-order chi connectivity index (χ0) is 6.24. The Hall–Kier alpha value is 0.320. The summed E-state index contributed by atoms with van der Waals surface area (Å²) in [6.45, 7) is 2.17. The number of hydrogen-bond acceptors (Lipinski definition) is 1. The van der Waals surface area contributed by atoms with Gasteiger partial charge in [0.2, 0.25) is 0 Å². The van der Waals surface area contributed by atoms with Crippen LogP contribution in [0.3, 0.4) is 0 Å². The molecule has 0 amide bonds. The summed E-state index contributed by atoms with van der Waals surface area (Å²) in [5.41, 5.74) is 0. The Morgan fingerprint density at radius 2 is 2.25 bits per heavy atom. The minimum Gasteiger partial charge on any atom is -0.208 e. The van der Waals surface area contributed by atoms with Crippen molar-refractivity contribution in [3.05, 3.63) is 0 Å². The van der Waals surface area contributed by atoms with Crippen molar-refractivity contribution in [1.29, 1.82) is 0 Å². The quantitative estimate of drug-likeness (QED) is 0.443. The molecule has 0 aliphatic carbocycles. The molecule has 0 fully saturated rings. The van der Waals surface area contributed by atoms with Crippen molar-refractivity contribution in [3.63, 3.8) is 0 Å². The molecule has 8 heavy (non-hydrogen) atoms. The molecule has 0 aromatic carbocycles. The van der Waals surface area contributed by atoms with E-state index in [9.17, 15) is 4.21 Å². The molecule has 0 saturated heterocycles. The van der Waals surface area contributed by atoms with Gasteiger partial charge in [-0.2, -0.15) is 0 Å². The van der Waals surface area contributed by atoms with E-state index in [2.05, 4.69) is 6.92 Å². The first-order valence-corrected chi connectivity index (χ1v) is 5.30. The third-order valence-corrected chi connectivity index (χ3v) is 2.37. The van der Waals surface area contributed by atoms with Crippen LogP contribution in [0.4, 0.5) is 0 Å². The van der Waals surface area contributed by atoms with Crippen LogP contribution in [-0.4, -0.2) is 10.4 Å². The van der Waals surface area contributed by atoms with Gasteiger partial charge >= 0.3 is 0 Å². The summed E-state index contributed by atoms with van der Waals surface area (Å²) in [7, 11) is 1.67. The van der Waals surface area contributed by atoms with Crippen LogP contribution in [0.1, 0.15) is 26.2 Å². The van der Waals surface area contributed by atoms with Crippen LogP contribution in [0.5, 0.6) is 0 Å². The summed E-state index contributed by atoms with van der Waals surface area (Å²) in [4.78, 5) is 0. The maximum absolute atomic E-state index is 9.80. The SMILES string of the molecule is CCCCCP=S=O. The number of unbranched alkanes of at least 4 members (excludes halogenated alkanes) is 2. The van der Waals surface area contributed by atoms with Gasteiger partial charge in [0.1, 0.15) is 10.8 Å². The fourth-order valence-electron chi connectivity index (χ4n) is 0.464. The van der Waals surface area contributed by atoms with Gasteiger partial charge in [0.15, 0.2) is 0 Å². The van der Waals surface area contributed by atoms with Gasteiger partial charge in [-0.05, 0) is 6.42 Å². The first-order valence-electron chi connectivity index (χ1n) is 2.87. The van der Waals surface area contributed by atoms with Crippen molar-refractivity contribution in [2.24, 2.45) is 0 Å². The van der Waals surface area contributed by atoms with Crippen LogP contribution in [0.25, 0.3) is 0 Å². The van der Waals surface area contributed by atoms with E-state index in [0.29, 0.717) is 10.8 Å². The van der Waals surface area contributed by atoms with Gasteiger partial charge in [0.25, 0.3) is 0 Å². The first kappa shape index (κ1) is 8.32. The van der Waals surface area contributed by atoms with Gasteiger partial charge in [-0.15, -0.1) is 0 Å². The Labute approximate surface area is 55.4 Å². The number of hydrogen-bond donors (Lipinski definition) is 0. The van der Waals surface area contributed by atoms with Crippen molar-refractivity contribution < 1.29 is 4.21 Å².